The Morgan fingerprint density at radius 2 is 1.88 bits per heavy atom. The van der Waals surface area contributed by atoms with Crippen LogP contribution < -0.4 is 0 Å². The summed E-state index contributed by atoms with van der Waals surface area (Å²) >= 11 is 0. The fourth-order valence-electron chi connectivity index (χ4n) is 4.06. The second-order valence-electron chi connectivity index (χ2n) is 5.31. The zero-order chi connectivity index (χ0) is 9.50. The average Bonchev–Trinajstić information content (AvgIpc) is 2.58. The fraction of sp³-hybridized carbons (Fsp3) is 0.500. The third-order valence-electron chi connectivity index (χ3n) is 4.82. The molecule has 0 aliphatic heterocycles. The molecule has 1 saturated carbocycles. The number of allylic oxidation sites excluding steroid dienone is 2. The summed E-state index contributed by atoms with van der Waals surface area (Å²) in [5, 5.41) is 0. The van der Waals surface area contributed by atoms with E-state index in [0.29, 0.717) is 5.41 Å². The highest BCUT2D eigenvalue weighted by Crippen LogP contribution is 2.80. The van der Waals surface area contributed by atoms with Gasteiger partial charge in [0.15, 0.2) is 0 Å². The topological polar surface area (TPSA) is 0 Å². The number of benzene rings is 1. The Labute approximate surface area is 99.4 Å². The Morgan fingerprint density at radius 3 is 2.62 bits per heavy atom. The maximum atomic E-state index is 2.46. The predicted molar refractivity (Wildman–Crippen MR) is 70.9 cm³/mol. The zero-order valence-electron chi connectivity index (χ0n) is 8.62. The van der Waals surface area contributed by atoms with Crippen molar-refractivity contribution < 1.29 is 0 Å². The van der Waals surface area contributed by atoms with Crippen molar-refractivity contribution in [3.63, 3.8) is 0 Å². The Morgan fingerprint density at radius 1 is 1.12 bits per heavy atom. The van der Waals surface area contributed by atoms with Gasteiger partial charge in [-0.15, -0.1) is 0 Å². The van der Waals surface area contributed by atoms with Crippen LogP contribution in [0.1, 0.15) is 50.3 Å². The van der Waals surface area contributed by atoms with Gasteiger partial charge in [-0.2, -0.15) is 0 Å². The molecule has 2 unspecified atom stereocenters. The number of aryl methyl sites for hydroxylation is 1. The monoisotopic (exact) mass is 214 g/mol. The normalized spacial score (nSPS) is 39.5. The van der Waals surface area contributed by atoms with Gasteiger partial charge in [0.25, 0.3) is 0 Å². The molecule has 0 bridgehead atoms. The van der Waals surface area contributed by atoms with E-state index in [0.717, 1.165) is 17.8 Å². The summed E-state index contributed by atoms with van der Waals surface area (Å²) in [5.74, 6) is 2.45. The molecule has 4 atom stereocenters. The largest absolute Gasteiger partial charge is 0.0836 e. The molecule has 0 aromatic heterocycles. The first-order valence-electron chi connectivity index (χ1n) is 5.52. The van der Waals surface area contributed by atoms with Gasteiger partial charge < -0.3 is 0 Å². The van der Waals surface area contributed by atoms with Gasteiger partial charge in [0.2, 0.25) is 0 Å². The van der Waals surface area contributed by atoms with E-state index in [1.165, 1.54) is 5.56 Å². The van der Waals surface area contributed by atoms with Crippen LogP contribution in [0, 0.1) is 18.3 Å². The lowest BCUT2D eigenvalue weighted by atomic mass is 9.88. The van der Waals surface area contributed by atoms with Crippen molar-refractivity contribution in [3.8, 4) is 0 Å². The second kappa shape index (κ2) is 3.00. The van der Waals surface area contributed by atoms with Crippen molar-refractivity contribution in [1.82, 2.24) is 0 Å². The van der Waals surface area contributed by atoms with E-state index in [-0.39, 0.29) is 14.9 Å². The predicted octanol–water partition coefficient (Wildman–Crippen LogP) is 4.65. The minimum absolute atomic E-state index is 0. The molecule has 0 spiro atoms. The zero-order valence-corrected chi connectivity index (χ0v) is 8.62. The van der Waals surface area contributed by atoms with Crippen LogP contribution in [-0.2, 0) is 0 Å². The van der Waals surface area contributed by atoms with Crippen molar-refractivity contribution >= 4 is 0 Å². The number of hydrogen-bond donors (Lipinski definition) is 0. The molecule has 0 saturated heterocycles. The maximum Gasteiger partial charge on any atom is 0.00893 e. The first-order chi connectivity index (χ1) is 6.74. The molecule has 1 aromatic rings. The maximum absolute atomic E-state index is 2.46. The lowest BCUT2D eigenvalue weighted by Crippen LogP contribution is -2.04. The third-order valence-corrected chi connectivity index (χ3v) is 4.82. The molecule has 0 heteroatoms. The molecule has 3 aliphatic carbocycles. The van der Waals surface area contributed by atoms with Crippen LogP contribution in [0.4, 0.5) is 0 Å². The van der Waals surface area contributed by atoms with E-state index in [1.54, 1.807) is 11.1 Å². The van der Waals surface area contributed by atoms with Crippen molar-refractivity contribution in [3.05, 3.63) is 47.0 Å². The fourth-order valence-corrected chi connectivity index (χ4v) is 4.06. The minimum atomic E-state index is 0. The van der Waals surface area contributed by atoms with Crippen LogP contribution in [0.15, 0.2) is 30.4 Å². The highest BCUT2D eigenvalue weighted by atomic mass is 14.7. The second-order valence-corrected chi connectivity index (χ2v) is 5.31. The summed E-state index contributed by atoms with van der Waals surface area (Å²) in [4.78, 5) is 0. The molecule has 1 aromatic carbocycles. The summed E-state index contributed by atoms with van der Waals surface area (Å²) in [6, 6.07) is 6.82. The molecule has 0 nitrogen and oxygen atoms in total. The Kier molecular flexibility index (Phi) is 2.15. The van der Waals surface area contributed by atoms with Gasteiger partial charge >= 0.3 is 0 Å². The van der Waals surface area contributed by atoms with E-state index in [2.05, 4.69) is 44.2 Å². The highest BCUT2D eigenvalue weighted by molar-refractivity contribution is 5.59. The SMILES string of the molecule is C.C.Cc1cccc2c1[C@H]1C=CC3[C@@H]2C31C. The van der Waals surface area contributed by atoms with E-state index < -0.39 is 0 Å². The summed E-state index contributed by atoms with van der Waals surface area (Å²) in [5.41, 5.74) is 5.36. The van der Waals surface area contributed by atoms with Crippen LogP contribution in [-0.4, -0.2) is 0 Å². The van der Waals surface area contributed by atoms with Gasteiger partial charge in [-0.3, -0.25) is 0 Å². The van der Waals surface area contributed by atoms with Crippen LogP contribution in [0.2, 0.25) is 0 Å². The summed E-state index contributed by atoms with van der Waals surface area (Å²) < 4.78 is 0. The highest BCUT2D eigenvalue weighted by Gasteiger charge is 2.71. The van der Waals surface area contributed by atoms with Crippen LogP contribution >= 0.6 is 0 Å². The molecule has 16 heavy (non-hydrogen) atoms. The van der Waals surface area contributed by atoms with Crippen molar-refractivity contribution in [2.45, 2.75) is 40.5 Å². The molecule has 3 aliphatic rings. The van der Waals surface area contributed by atoms with Gasteiger partial charge in [-0.1, -0.05) is 52.1 Å². The molecule has 0 N–H and O–H groups in total. The molecular formula is C16H22. The van der Waals surface area contributed by atoms with Crippen molar-refractivity contribution in [1.29, 1.82) is 0 Å². The Hall–Kier alpha value is -1.04. The molecule has 0 radical (unpaired) electrons. The molecule has 1 fully saturated rings. The van der Waals surface area contributed by atoms with Gasteiger partial charge in [0.05, 0.1) is 0 Å². The van der Waals surface area contributed by atoms with Gasteiger partial charge in [0.1, 0.15) is 0 Å². The first kappa shape index (κ1) is 11.4. The number of fused-ring (bicyclic) bond motifs is 4. The standard InChI is InChI=1S/C14H14.2CH4/c1-8-4-3-5-9-12(8)10-6-7-11-13(9)14(10,11)2;;/h3-7,10-11,13H,1-2H3;2*1H4/t10-,11?,13-,14?;;/m1../s1. The van der Waals surface area contributed by atoms with E-state index in [4.69, 9.17) is 0 Å². The van der Waals surface area contributed by atoms with E-state index in [1.807, 2.05) is 0 Å². The molecule has 4 rings (SSSR count). The molecule has 0 heterocycles. The quantitative estimate of drug-likeness (QED) is 0.551. The lowest BCUT2D eigenvalue weighted by molar-refractivity contribution is 0.513. The van der Waals surface area contributed by atoms with Gasteiger partial charge in [0, 0.05) is 5.92 Å². The lowest BCUT2D eigenvalue weighted by Gasteiger charge is -2.16. The molecular weight excluding hydrogens is 192 g/mol. The average molecular weight is 214 g/mol. The van der Waals surface area contributed by atoms with Gasteiger partial charge in [-0.25, -0.2) is 0 Å². The minimum Gasteiger partial charge on any atom is -0.0836 e. The van der Waals surface area contributed by atoms with Gasteiger partial charge in [-0.05, 0) is 40.9 Å². The number of rotatable bonds is 0. The van der Waals surface area contributed by atoms with Crippen LogP contribution in [0.3, 0.4) is 0 Å². The third kappa shape index (κ3) is 0.878. The number of hydrogen-bond acceptors (Lipinski definition) is 0. The summed E-state index contributed by atoms with van der Waals surface area (Å²) in [7, 11) is 0. The summed E-state index contributed by atoms with van der Waals surface area (Å²) in [6.07, 6.45) is 4.90. The Balaban J connectivity index is 0.000000482. The van der Waals surface area contributed by atoms with E-state index >= 15 is 0 Å². The first-order valence-corrected chi connectivity index (χ1v) is 5.52. The van der Waals surface area contributed by atoms with Crippen LogP contribution in [0.5, 0.6) is 0 Å². The van der Waals surface area contributed by atoms with Crippen molar-refractivity contribution in [2.75, 3.05) is 0 Å². The van der Waals surface area contributed by atoms with Crippen molar-refractivity contribution in [2.24, 2.45) is 11.3 Å². The Bertz CT molecular complexity index is 469. The summed E-state index contributed by atoms with van der Waals surface area (Å²) in [6.45, 7) is 4.72. The molecule has 0 amide bonds. The smallest absolute Gasteiger partial charge is 0.00893 e. The van der Waals surface area contributed by atoms with E-state index in [9.17, 15) is 0 Å². The molecule has 86 valence electrons. The van der Waals surface area contributed by atoms with Crippen LogP contribution in [0.25, 0.3) is 0 Å².